The molecule has 64 valence electrons. The standard InChI is InChI=1S/C8H11N3O/c1-11-3-2-7-6(4-11)8(5-12)10-9-7/h5H,2-4H2,1H3,(H,9,10). The molecule has 1 aliphatic rings. The van der Waals surface area contributed by atoms with Gasteiger partial charge in [0.05, 0.1) is 0 Å². The maximum absolute atomic E-state index is 10.5. The van der Waals surface area contributed by atoms with Crippen molar-refractivity contribution in [3.05, 3.63) is 17.0 Å². The minimum atomic E-state index is 0.566. The van der Waals surface area contributed by atoms with E-state index in [2.05, 4.69) is 15.1 Å². The lowest BCUT2D eigenvalue weighted by Crippen LogP contribution is -2.26. The molecule has 1 aromatic heterocycles. The van der Waals surface area contributed by atoms with Crippen molar-refractivity contribution < 1.29 is 4.79 Å². The van der Waals surface area contributed by atoms with Gasteiger partial charge in [0.15, 0.2) is 6.29 Å². The molecule has 0 aromatic carbocycles. The maximum atomic E-state index is 10.5. The fourth-order valence-corrected chi connectivity index (χ4v) is 1.55. The number of carbonyl (C=O) groups excluding carboxylic acids is 1. The van der Waals surface area contributed by atoms with Crippen LogP contribution in [0.5, 0.6) is 0 Å². The number of nitrogens with one attached hydrogen (secondary N) is 1. The number of nitrogens with zero attached hydrogens (tertiary/aromatic N) is 2. The Hall–Kier alpha value is -1.16. The SMILES string of the molecule is CN1CCc2[nH]nc(C=O)c2C1. The second-order valence-electron chi connectivity index (χ2n) is 3.17. The van der Waals surface area contributed by atoms with Crippen molar-refractivity contribution in [3.8, 4) is 0 Å². The first-order valence-corrected chi connectivity index (χ1v) is 4.01. The molecule has 0 unspecified atom stereocenters. The normalized spacial score (nSPS) is 17.4. The first-order valence-electron chi connectivity index (χ1n) is 4.01. The van der Waals surface area contributed by atoms with Crippen molar-refractivity contribution in [2.75, 3.05) is 13.6 Å². The van der Waals surface area contributed by atoms with Gasteiger partial charge in [0, 0.05) is 30.8 Å². The molecule has 0 aliphatic carbocycles. The third-order valence-corrected chi connectivity index (χ3v) is 2.27. The molecule has 12 heavy (non-hydrogen) atoms. The quantitative estimate of drug-likeness (QED) is 0.605. The molecular formula is C8H11N3O. The van der Waals surface area contributed by atoms with Crippen LogP contribution in [-0.4, -0.2) is 35.0 Å². The summed E-state index contributed by atoms with van der Waals surface area (Å²) in [4.78, 5) is 12.7. The maximum Gasteiger partial charge on any atom is 0.170 e. The minimum absolute atomic E-state index is 0.566. The summed E-state index contributed by atoms with van der Waals surface area (Å²) < 4.78 is 0. The lowest BCUT2D eigenvalue weighted by molar-refractivity contribution is 0.111. The predicted octanol–water partition coefficient (Wildman–Crippen LogP) is 0.210. The first-order chi connectivity index (χ1) is 5.81. The van der Waals surface area contributed by atoms with Crippen LogP contribution < -0.4 is 0 Å². The molecule has 0 radical (unpaired) electrons. The van der Waals surface area contributed by atoms with Gasteiger partial charge in [-0.15, -0.1) is 0 Å². The van der Waals surface area contributed by atoms with Gasteiger partial charge in [-0.3, -0.25) is 9.89 Å². The summed E-state index contributed by atoms with van der Waals surface area (Å²) in [6, 6.07) is 0. The van der Waals surface area contributed by atoms with E-state index in [4.69, 9.17) is 0 Å². The van der Waals surface area contributed by atoms with Gasteiger partial charge in [-0.2, -0.15) is 5.10 Å². The van der Waals surface area contributed by atoms with E-state index in [0.29, 0.717) is 5.69 Å². The monoisotopic (exact) mass is 165 g/mol. The average Bonchev–Trinajstić information content (AvgIpc) is 2.46. The molecule has 4 nitrogen and oxygen atoms in total. The van der Waals surface area contributed by atoms with Crippen molar-refractivity contribution in [1.29, 1.82) is 0 Å². The highest BCUT2D eigenvalue weighted by molar-refractivity contribution is 5.74. The second kappa shape index (κ2) is 2.71. The van der Waals surface area contributed by atoms with Crippen molar-refractivity contribution in [2.45, 2.75) is 13.0 Å². The number of rotatable bonds is 1. The van der Waals surface area contributed by atoms with Crippen molar-refractivity contribution >= 4 is 6.29 Å². The van der Waals surface area contributed by atoms with Gasteiger partial charge in [-0.1, -0.05) is 0 Å². The topological polar surface area (TPSA) is 49.0 Å². The van der Waals surface area contributed by atoms with Gasteiger partial charge in [0.2, 0.25) is 0 Å². The summed E-state index contributed by atoms with van der Waals surface area (Å²) >= 11 is 0. The van der Waals surface area contributed by atoms with Crippen LogP contribution >= 0.6 is 0 Å². The molecular weight excluding hydrogens is 154 g/mol. The molecule has 0 saturated heterocycles. The molecule has 1 aromatic rings. The summed E-state index contributed by atoms with van der Waals surface area (Å²) in [6.45, 7) is 1.87. The summed E-state index contributed by atoms with van der Waals surface area (Å²) in [7, 11) is 2.05. The summed E-state index contributed by atoms with van der Waals surface area (Å²) in [6.07, 6.45) is 1.78. The Kier molecular flexibility index (Phi) is 1.69. The van der Waals surface area contributed by atoms with Gasteiger partial charge >= 0.3 is 0 Å². The van der Waals surface area contributed by atoms with Crippen LogP contribution in [0.4, 0.5) is 0 Å². The Balaban J connectivity index is 2.40. The highest BCUT2D eigenvalue weighted by Crippen LogP contribution is 2.17. The number of fused-ring (bicyclic) bond motifs is 1. The fraction of sp³-hybridized carbons (Fsp3) is 0.500. The van der Waals surface area contributed by atoms with E-state index in [1.165, 1.54) is 0 Å². The third kappa shape index (κ3) is 1.04. The van der Waals surface area contributed by atoms with Crippen LogP contribution in [0, 0.1) is 0 Å². The molecule has 0 atom stereocenters. The molecule has 0 amide bonds. The zero-order valence-electron chi connectivity index (χ0n) is 7.00. The van der Waals surface area contributed by atoms with Crippen molar-refractivity contribution in [3.63, 3.8) is 0 Å². The van der Waals surface area contributed by atoms with Crippen molar-refractivity contribution in [1.82, 2.24) is 15.1 Å². The average molecular weight is 165 g/mol. The number of aldehydes is 1. The van der Waals surface area contributed by atoms with E-state index in [1.54, 1.807) is 0 Å². The molecule has 2 heterocycles. The van der Waals surface area contributed by atoms with E-state index >= 15 is 0 Å². The molecule has 1 N–H and O–H groups in total. The Bertz CT molecular complexity index is 305. The summed E-state index contributed by atoms with van der Waals surface area (Å²) in [5, 5.41) is 6.82. The Morgan fingerprint density at radius 2 is 2.50 bits per heavy atom. The number of likely N-dealkylation sites (N-methyl/N-ethyl adjacent to an activating group) is 1. The van der Waals surface area contributed by atoms with Gasteiger partial charge in [-0.25, -0.2) is 0 Å². The molecule has 1 aliphatic heterocycles. The molecule has 2 rings (SSSR count). The smallest absolute Gasteiger partial charge is 0.170 e. The number of H-pyrrole nitrogens is 1. The molecule has 4 heteroatoms. The first kappa shape index (κ1) is 7.49. The van der Waals surface area contributed by atoms with E-state index in [1.807, 2.05) is 7.05 Å². The predicted molar refractivity (Wildman–Crippen MR) is 44.0 cm³/mol. The zero-order valence-corrected chi connectivity index (χ0v) is 7.00. The van der Waals surface area contributed by atoms with E-state index in [-0.39, 0.29) is 0 Å². The van der Waals surface area contributed by atoms with Crippen LogP contribution in [0.1, 0.15) is 21.7 Å². The zero-order chi connectivity index (χ0) is 8.55. The largest absolute Gasteiger partial charge is 0.302 e. The summed E-state index contributed by atoms with van der Waals surface area (Å²) in [5.74, 6) is 0. The number of aromatic amines is 1. The highest BCUT2D eigenvalue weighted by Gasteiger charge is 2.18. The molecule has 0 bridgehead atoms. The van der Waals surface area contributed by atoms with E-state index in [9.17, 15) is 4.79 Å². The Labute approximate surface area is 70.6 Å². The number of carbonyl (C=O) groups is 1. The van der Waals surface area contributed by atoms with Gasteiger partial charge < -0.3 is 4.90 Å². The van der Waals surface area contributed by atoms with Crippen LogP contribution in [0.25, 0.3) is 0 Å². The lowest BCUT2D eigenvalue weighted by Gasteiger charge is -2.21. The Morgan fingerprint density at radius 3 is 3.25 bits per heavy atom. The van der Waals surface area contributed by atoms with Crippen LogP contribution in [0.15, 0.2) is 0 Å². The number of aromatic nitrogens is 2. The van der Waals surface area contributed by atoms with Crippen LogP contribution in [0.2, 0.25) is 0 Å². The molecule has 0 saturated carbocycles. The van der Waals surface area contributed by atoms with Gasteiger partial charge in [0.1, 0.15) is 5.69 Å². The van der Waals surface area contributed by atoms with Gasteiger partial charge in [0.25, 0.3) is 0 Å². The second-order valence-corrected chi connectivity index (χ2v) is 3.17. The lowest BCUT2D eigenvalue weighted by atomic mass is 10.1. The van der Waals surface area contributed by atoms with E-state index in [0.717, 1.165) is 37.1 Å². The van der Waals surface area contributed by atoms with Crippen LogP contribution in [-0.2, 0) is 13.0 Å². The molecule has 0 fully saturated rings. The highest BCUT2D eigenvalue weighted by atomic mass is 16.1. The third-order valence-electron chi connectivity index (χ3n) is 2.27. The minimum Gasteiger partial charge on any atom is -0.302 e. The summed E-state index contributed by atoms with van der Waals surface area (Å²) in [5.41, 5.74) is 2.76. The van der Waals surface area contributed by atoms with Crippen LogP contribution in [0.3, 0.4) is 0 Å². The van der Waals surface area contributed by atoms with E-state index < -0.39 is 0 Å². The Morgan fingerprint density at radius 1 is 1.67 bits per heavy atom. The number of hydrogen-bond donors (Lipinski definition) is 1. The van der Waals surface area contributed by atoms with Gasteiger partial charge in [-0.05, 0) is 7.05 Å². The fourth-order valence-electron chi connectivity index (χ4n) is 1.55. The van der Waals surface area contributed by atoms with Crippen molar-refractivity contribution in [2.24, 2.45) is 0 Å². The number of hydrogen-bond acceptors (Lipinski definition) is 3. The molecule has 0 spiro atoms.